The van der Waals surface area contributed by atoms with Gasteiger partial charge in [0.05, 0.1) is 0 Å². The summed E-state index contributed by atoms with van der Waals surface area (Å²) >= 11 is 3.47. The quantitative estimate of drug-likeness (QED) is 0.884. The average molecular weight is 341 g/mol. The standard InChI is InChI=1S/C14H17BrN2O3/c1-8-5-10(6-9(2)13(8)15)16-14(20)17(7-12(18)19)11-3-4-11/h5-6,11H,3-4,7H2,1-2H3,(H,16,20)(H,18,19). The van der Waals surface area contributed by atoms with Crippen LogP contribution < -0.4 is 5.32 Å². The molecule has 1 aromatic rings. The summed E-state index contributed by atoms with van der Waals surface area (Å²) in [6.45, 7) is 3.64. The van der Waals surface area contributed by atoms with Crippen LogP contribution in [0.5, 0.6) is 0 Å². The number of nitrogens with one attached hydrogen (secondary N) is 1. The first-order chi connectivity index (χ1) is 9.38. The summed E-state index contributed by atoms with van der Waals surface area (Å²) in [5, 5.41) is 11.7. The lowest BCUT2D eigenvalue weighted by atomic mass is 10.1. The van der Waals surface area contributed by atoms with E-state index in [4.69, 9.17) is 5.11 Å². The molecule has 0 aromatic heterocycles. The maximum atomic E-state index is 12.2. The molecule has 2 amide bonds. The van der Waals surface area contributed by atoms with E-state index in [1.165, 1.54) is 4.90 Å². The van der Waals surface area contributed by atoms with Crippen molar-refractivity contribution in [2.45, 2.75) is 32.7 Å². The molecule has 108 valence electrons. The van der Waals surface area contributed by atoms with Crippen molar-refractivity contribution in [3.8, 4) is 0 Å². The van der Waals surface area contributed by atoms with Crippen molar-refractivity contribution in [3.63, 3.8) is 0 Å². The van der Waals surface area contributed by atoms with Gasteiger partial charge in [0.25, 0.3) is 0 Å². The summed E-state index contributed by atoms with van der Waals surface area (Å²) in [6.07, 6.45) is 1.75. The number of aryl methyl sites for hydroxylation is 2. The molecule has 0 unspecified atom stereocenters. The van der Waals surface area contributed by atoms with Crippen LogP contribution in [0.4, 0.5) is 10.5 Å². The summed E-state index contributed by atoms with van der Waals surface area (Å²) in [5.41, 5.74) is 2.73. The number of carboxylic acids is 1. The first-order valence-electron chi connectivity index (χ1n) is 6.44. The summed E-state index contributed by atoms with van der Waals surface area (Å²) in [7, 11) is 0. The zero-order chi connectivity index (χ0) is 14.9. The molecule has 0 radical (unpaired) electrons. The lowest BCUT2D eigenvalue weighted by molar-refractivity contribution is -0.137. The second-order valence-electron chi connectivity index (χ2n) is 5.11. The van der Waals surface area contributed by atoms with Gasteiger partial charge in [-0.3, -0.25) is 4.79 Å². The highest BCUT2D eigenvalue weighted by molar-refractivity contribution is 9.10. The summed E-state index contributed by atoms with van der Waals surface area (Å²) in [5.74, 6) is -0.991. The van der Waals surface area contributed by atoms with Crippen molar-refractivity contribution in [3.05, 3.63) is 27.7 Å². The Morgan fingerprint density at radius 1 is 1.35 bits per heavy atom. The molecule has 1 fully saturated rings. The molecule has 0 heterocycles. The first-order valence-corrected chi connectivity index (χ1v) is 7.24. The average Bonchev–Trinajstić information content (AvgIpc) is 3.16. The van der Waals surface area contributed by atoms with Crippen LogP contribution in [0.2, 0.25) is 0 Å². The topological polar surface area (TPSA) is 69.6 Å². The van der Waals surface area contributed by atoms with Gasteiger partial charge in [0.2, 0.25) is 0 Å². The van der Waals surface area contributed by atoms with Gasteiger partial charge in [-0.1, -0.05) is 15.9 Å². The monoisotopic (exact) mass is 340 g/mol. The van der Waals surface area contributed by atoms with E-state index >= 15 is 0 Å². The van der Waals surface area contributed by atoms with E-state index in [9.17, 15) is 9.59 Å². The van der Waals surface area contributed by atoms with Crippen molar-refractivity contribution in [2.75, 3.05) is 11.9 Å². The fraction of sp³-hybridized carbons (Fsp3) is 0.429. The molecule has 0 bridgehead atoms. The van der Waals surface area contributed by atoms with Crippen LogP contribution in [-0.2, 0) is 4.79 Å². The summed E-state index contributed by atoms with van der Waals surface area (Å²) in [4.78, 5) is 24.4. The molecule has 0 spiro atoms. The molecule has 1 aliphatic carbocycles. The Balaban J connectivity index is 2.11. The number of benzene rings is 1. The third-order valence-corrected chi connectivity index (χ3v) is 4.49. The number of aliphatic carboxylic acids is 1. The predicted octanol–water partition coefficient (Wildman–Crippen LogP) is 3.15. The van der Waals surface area contributed by atoms with Crippen LogP contribution in [0.1, 0.15) is 24.0 Å². The molecule has 1 aliphatic rings. The maximum absolute atomic E-state index is 12.2. The predicted molar refractivity (Wildman–Crippen MR) is 80.0 cm³/mol. The van der Waals surface area contributed by atoms with Crippen molar-refractivity contribution >= 4 is 33.6 Å². The van der Waals surface area contributed by atoms with E-state index in [1.807, 2.05) is 26.0 Å². The normalized spacial score (nSPS) is 13.9. The molecule has 2 rings (SSSR count). The van der Waals surface area contributed by atoms with E-state index in [1.54, 1.807) is 0 Å². The molecule has 0 aliphatic heterocycles. The number of carboxylic acid groups (broad SMARTS) is 1. The molecule has 0 saturated heterocycles. The number of carbonyl (C=O) groups is 2. The van der Waals surface area contributed by atoms with Gasteiger partial charge < -0.3 is 15.3 Å². The van der Waals surface area contributed by atoms with E-state index in [-0.39, 0.29) is 18.6 Å². The Morgan fingerprint density at radius 3 is 2.35 bits per heavy atom. The zero-order valence-corrected chi connectivity index (χ0v) is 13.0. The van der Waals surface area contributed by atoms with Gasteiger partial charge in [-0.15, -0.1) is 0 Å². The number of nitrogens with zero attached hydrogens (tertiary/aromatic N) is 1. The molecule has 0 atom stereocenters. The highest BCUT2D eigenvalue weighted by Gasteiger charge is 2.33. The van der Waals surface area contributed by atoms with Crippen LogP contribution >= 0.6 is 15.9 Å². The van der Waals surface area contributed by atoms with Gasteiger partial charge >= 0.3 is 12.0 Å². The van der Waals surface area contributed by atoms with Gasteiger partial charge in [0.1, 0.15) is 6.54 Å². The highest BCUT2D eigenvalue weighted by Crippen LogP contribution is 2.28. The number of hydrogen-bond acceptors (Lipinski definition) is 2. The van der Waals surface area contributed by atoms with Crippen LogP contribution in [0.15, 0.2) is 16.6 Å². The fourth-order valence-corrected chi connectivity index (χ4v) is 2.34. The Hall–Kier alpha value is -1.56. The van der Waals surface area contributed by atoms with E-state index in [2.05, 4.69) is 21.2 Å². The largest absolute Gasteiger partial charge is 0.480 e. The van der Waals surface area contributed by atoms with Crippen LogP contribution in [0, 0.1) is 13.8 Å². The Kier molecular flexibility index (Phi) is 4.32. The second-order valence-corrected chi connectivity index (χ2v) is 5.90. The van der Waals surface area contributed by atoms with Crippen molar-refractivity contribution in [1.82, 2.24) is 4.90 Å². The molecule has 1 aromatic carbocycles. The van der Waals surface area contributed by atoms with Crippen molar-refractivity contribution in [1.29, 1.82) is 0 Å². The summed E-state index contributed by atoms with van der Waals surface area (Å²) < 4.78 is 1.01. The summed E-state index contributed by atoms with van der Waals surface area (Å²) in [6, 6.07) is 3.43. The number of carbonyl (C=O) groups excluding carboxylic acids is 1. The molecule has 2 N–H and O–H groups in total. The molecular formula is C14H17BrN2O3. The first kappa shape index (κ1) is 14.8. The highest BCUT2D eigenvalue weighted by atomic mass is 79.9. The minimum Gasteiger partial charge on any atom is -0.480 e. The minimum absolute atomic E-state index is 0.0590. The van der Waals surface area contributed by atoms with Crippen molar-refractivity contribution in [2.24, 2.45) is 0 Å². The van der Waals surface area contributed by atoms with E-state index < -0.39 is 5.97 Å². The maximum Gasteiger partial charge on any atom is 0.323 e. The van der Waals surface area contributed by atoms with Gasteiger partial charge in [-0.25, -0.2) is 4.79 Å². The third kappa shape index (κ3) is 3.50. The molecular weight excluding hydrogens is 324 g/mol. The number of rotatable bonds is 4. The van der Waals surface area contributed by atoms with E-state index in [0.29, 0.717) is 5.69 Å². The number of urea groups is 1. The fourth-order valence-electron chi connectivity index (χ4n) is 2.11. The smallest absolute Gasteiger partial charge is 0.323 e. The molecule has 5 nitrogen and oxygen atoms in total. The Bertz CT molecular complexity index is 532. The lowest BCUT2D eigenvalue weighted by Gasteiger charge is -2.21. The van der Waals surface area contributed by atoms with Gasteiger partial charge in [0.15, 0.2) is 0 Å². The van der Waals surface area contributed by atoms with Crippen LogP contribution in [0.3, 0.4) is 0 Å². The lowest BCUT2D eigenvalue weighted by Crippen LogP contribution is -2.40. The van der Waals surface area contributed by atoms with Gasteiger partial charge in [0, 0.05) is 16.2 Å². The second kappa shape index (κ2) is 5.83. The Labute approximate surface area is 126 Å². The van der Waals surface area contributed by atoms with Gasteiger partial charge in [-0.05, 0) is 49.9 Å². The number of amides is 2. The van der Waals surface area contributed by atoms with E-state index in [0.717, 1.165) is 28.4 Å². The van der Waals surface area contributed by atoms with Crippen LogP contribution in [0.25, 0.3) is 0 Å². The van der Waals surface area contributed by atoms with Crippen molar-refractivity contribution < 1.29 is 14.7 Å². The number of halogens is 1. The number of anilines is 1. The zero-order valence-electron chi connectivity index (χ0n) is 11.4. The Morgan fingerprint density at radius 2 is 1.90 bits per heavy atom. The molecule has 6 heteroatoms. The SMILES string of the molecule is Cc1cc(NC(=O)N(CC(=O)O)C2CC2)cc(C)c1Br. The van der Waals surface area contributed by atoms with Crippen LogP contribution in [-0.4, -0.2) is 34.6 Å². The number of hydrogen-bond donors (Lipinski definition) is 2. The minimum atomic E-state index is -0.991. The third-order valence-electron chi connectivity index (χ3n) is 3.24. The molecule has 1 saturated carbocycles. The molecule has 20 heavy (non-hydrogen) atoms. The van der Waals surface area contributed by atoms with Gasteiger partial charge in [-0.2, -0.15) is 0 Å².